The normalized spacial score (nSPS) is 15.7. The molecule has 3 nitrogen and oxygen atoms in total. The maximum absolute atomic E-state index is 11.1. The molecule has 70 valence electrons. The van der Waals surface area contributed by atoms with E-state index in [2.05, 4.69) is 4.74 Å². The van der Waals surface area contributed by atoms with E-state index in [0.29, 0.717) is 0 Å². The van der Waals surface area contributed by atoms with E-state index in [-0.39, 0.29) is 6.42 Å². The molecule has 1 aromatic rings. The number of ether oxygens (including phenoxy) is 1. The number of methoxy groups -OCH3 is 1. The molecule has 0 saturated heterocycles. The molecule has 0 aliphatic heterocycles. The Morgan fingerprint density at radius 2 is 2.23 bits per heavy atom. The first-order chi connectivity index (χ1) is 6.56. The first kappa shape index (κ1) is 8.26. The number of hydrogen-bond acceptors (Lipinski definition) is 3. The van der Waals surface area contributed by atoms with Gasteiger partial charge in [0.25, 0.3) is 0 Å². The molecular formula is C10H13NO2. The van der Waals surface area contributed by atoms with E-state index in [1.807, 2.05) is 30.3 Å². The Hall–Kier alpha value is -1.35. The van der Waals surface area contributed by atoms with Crippen molar-refractivity contribution in [3.8, 4) is 0 Å². The maximum Gasteiger partial charge on any atom is 0.322 e. The quantitative estimate of drug-likeness (QED) is 0.698. The Morgan fingerprint density at radius 1 is 1.62 bits per heavy atom. The molecule has 0 amide bonds. The zero-order valence-electron chi connectivity index (χ0n) is 8.49. The lowest BCUT2D eigenvalue weighted by molar-refractivity contribution is -0.142. The fourth-order valence-corrected chi connectivity index (χ4v) is 1.02. The van der Waals surface area contributed by atoms with Crippen LogP contribution in [0.3, 0.4) is 0 Å². The zero-order chi connectivity index (χ0) is 10.6. The molecule has 1 rings (SSSR count). The molecule has 2 N–H and O–H groups in total. The lowest BCUT2D eigenvalue weighted by Crippen LogP contribution is -2.33. The van der Waals surface area contributed by atoms with E-state index in [4.69, 9.17) is 7.10 Å². The van der Waals surface area contributed by atoms with Crippen molar-refractivity contribution in [2.75, 3.05) is 7.11 Å². The number of hydrogen-bond donors (Lipinski definition) is 1. The molecule has 0 aromatic heterocycles. The molecule has 0 fully saturated rings. The minimum atomic E-state index is -1.70. The van der Waals surface area contributed by atoms with Gasteiger partial charge in [-0.05, 0) is 12.0 Å². The highest BCUT2D eigenvalue weighted by molar-refractivity contribution is 5.75. The van der Waals surface area contributed by atoms with E-state index < -0.39 is 12.0 Å². The third kappa shape index (κ3) is 2.87. The summed E-state index contributed by atoms with van der Waals surface area (Å²) in [6.45, 7) is 0. The van der Waals surface area contributed by atoms with Crippen LogP contribution in [-0.4, -0.2) is 19.1 Å². The van der Waals surface area contributed by atoms with Crippen molar-refractivity contribution in [1.82, 2.24) is 0 Å². The molecule has 0 unspecified atom stereocenters. The van der Waals surface area contributed by atoms with Crippen molar-refractivity contribution in [3.05, 3.63) is 35.9 Å². The van der Waals surface area contributed by atoms with Gasteiger partial charge in [-0.1, -0.05) is 30.3 Å². The molecule has 0 heterocycles. The van der Waals surface area contributed by atoms with Crippen LogP contribution in [0, 0.1) is 0 Å². The van der Waals surface area contributed by atoms with Crippen LogP contribution in [0.25, 0.3) is 0 Å². The second-order valence-corrected chi connectivity index (χ2v) is 2.68. The van der Waals surface area contributed by atoms with E-state index >= 15 is 0 Å². The smallest absolute Gasteiger partial charge is 0.322 e. The SMILES string of the molecule is [2H][C@@](N)(Cc1ccccc1)C(=O)OC. The van der Waals surface area contributed by atoms with Gasteiger partial charge >= 0.3 is 5.97 Å². The molecule has 0 aliphatic carbocycles. The topological polar surface area (TPSA) is 52.3 Å². The summed E-state index contributed by atoms with van der Waals surface area (Å²) < 4.78 is 12.0. The summed E-state index contributed by atoms with van der Waals surface area (Å²) in [6.07, 6.45) is 0.153. The summed E-state index contributed by atoms with van der Waals surface area (Å²) in [5.41, 5.74) is 6.34. The van der Waals surface area contributed by atoms with Crippen molar-refractivity contribution in [2.45, 2.75) is 12.4 Å². The molecule has 0 radical (unpaired) electrons. The van der Waals surface area contributed by atoms with Gasteiger partial charge in [0.1, 0.15) is 6.02 Å². The van der Waals surface area contributed by atoms with Gasteiger partial charge < -0.3 is 10.5 Å². The molecule has 0 aliphatic rings. The van der Waals surface area contributed by atoms with Gasteiger partial charge in [0.05, 0.1) is 8.48 Å². The van der Waals surface area contributed by atoms with E-state index in [9.17, 15) is 4.79 Å². The van der Waals surface area contributed by atoms with Gasteiger partial charge in [0, 0.05) is 0 Å². The highest BCUT2D eigenvalue weighted by atomic mass is 16.5. The summed E-state index contributed by atoms with van der Waals surface area (Å²) >= 11 is 0. The highest BCUT2D eigenvalue weighted by Gasteiger charge is 2.13. The van der Waals surface area contributed by atoms with E-state index in [1.165, 1.54) is 7.11 Å². The molecule has 1 atom stereocenters. The second kappa shape index (κ2) is 4.62. The fraction of sp³-hybridized carbons (Fsp3) is 0.300. The van der Waals surface area contributed by atoms with Crippen molar-refractivity contribution in [2.24, 2.45) is 5.73 Å². The Balaban J connectivity index is 2.73. The molecule has 0 spiro atoms. The van der Waals surface area contributed by atoms with Crippen LogP contribution in [0.2, 0.25) is 0 Å². The fourth-order valence-electron chi connectivity index (χ4n) is 1.02. The minimum Gasteiger partial charge on any atom is -0.468 e. The number of rotatable bonds is 3. The Labute approximate surface area is 78.9 Å². The summed E-state index contributed by atoms with van der Waals surface area (Å²) in [5, 5.41) is 0. The summed E-state index contributed by atoms with van der Waals surface area (Å²) in [4.78, 5) is 11.1. The van der Waals surface area contributed by atoms with Gasteiger partial charge in [-0.2, -0.15) is 0 Å². The minimum absolute atomic E-state index is 0.153. The van der Waals surface area contributed by atoms with Crippen LogP contribution in [0.4, 0.5) is 0 Å². The molecule has 13 heavy (non-hydrogen) atoms. The third-order valence-electron chi connectivity index (χ3n) is 1.68. The van der Waals surface area contributed by atoms with Crippen LogP contribution in [-0.2, 0) is 16.0 Å². The predicted octanol–water partition coefficient (Wildman–Crippen LogP) is 0.729. The van der Waals surface area contributed by atoms with Crippen LogP contribution in [0.15, 0.2) is 30.3 Å². The van der Waals surface area contributed by atoms with Gasteiger partial charge in [-0.15, -0.1) is 0 Å². The summed E-state index contributed by atoms with van der Waals surface area (Å²) in [7, 11) is 1.23. The highest BCUT2D eigenvalue weighted by Crippen LogP contribution is 2.02. The van der Waals surface area contributed by atoms with Crippen LogP contribution >= 0.6 is 0 Å². The largest absolute Gasteiger partial charge is 0.468 e. The Bertz CT molecular complexity index is 311. The standard InChI is InChI=1S/C10H13NO2/c1-13-10(12)9(11)7-8-5-3-2-4-6-8/h2-6,9H,7,11H2,1H3/t9-/m1/s1/i9D. The van der Waals surface area contributed by atoms with Gasteiger partial charge in [-0.25, -0.2) is 0 Å². The Morgan fingerprint density at radius 3 is 2.77 bits per heavy atom. The van der Waals surface area contributed by atoms with Crippen molar-refractivity contribution >= 4 is 5.97 Å². The molecule has 0 bridgehead atoms. The van der Waals surface area contributed by atoms with E-state index in [0.717, 1.165) is 5.56 Å². The zero-order valence-corrected chi connectivity index (χ0v) is 7.49. The van der Waals surface area contributed by atoms with E-state index in [1.54, 1.807) is 0 Å². The Kier molecular flexibility index (Phi) is 2.94. The number of esters is 1. The van der Waals surface area contributed by atoms with Crippen molar-refractivity contribution in [1.29, 1.82) is 0 Å². The third-order valence-corrected chi connectivity index (χ3v) is 1.68. The summed E-state index contributed by atoms with van der Waals surface area (Å²) in [6, 6.07) is 7.48. The van der Waals surface area contributed by atoms with Crippen molar-refractivity contribution in [3.63, 3.8) is 0 Å². The molecule has 1 aromatic carbocycles. The lowest BCUT2D eigenvalue weighted by Gasteiger charge is -2.08. The number of carbonyl (C=O) groups excluding carboxylic acids is 1. The lowest BCUT2D eigenvalue weighted by atomic mass is 10.1. The first-order valence-electron chi connectivity index (χ1n) is 4.47. The van der Waals surface area contributed by atoms with Crippen LogP contribution in [0.5, 0.6) is 0 Å². The van der Waals surface area contributed by atoms with Crippen LogP contribution in [0.1, 0.15) is 6.93 Å². The maximum atomic E-state index is 11.1. The summed E-state index contributed by atoms with van der Waals surface area (Å²) in [5.74, 6) is -0.721. The number of benzene rings is 1. The van der Waals surface area contributed by atoms with Crippen molar-refractivity contribution < 1.29 is 10.9 Å². The predicted molar refractivity (Wildman–Crippen MR) is 50.1 cm³/mol. The number of carbonyl (C=O) groups is 1. The second-order valence-electron chi connectivity index (χ2n) is 2.68. The molecule has 0 saturated carbocycles. The average Bonchev–Trinajstić information content (AvgIpc) is 2.17. The average molecular weight is 180 g/mol. The number of nitrogens with two attached hydrogens (primary N) is 1. The van der Waals surface area contributed by atoms with Crippen LogP contribution < -0.4 is 5.73 Å². The first-order valence-corrected chi connectivity index (χ1v) is 3.97. The van der Waals surface area contributed by atoms with Gasteiger partial charge in [0.15, 0.2) is 0 Å². The van der Waals surface area contributed by atoms with Gasteiger partial charge in [0.2, 0.25) is 0 Å². The molecule has 3 heteroatoms. The van der Waals surface area contributed by atoms with Gasteiger partial charge in [-0.3, -0.25) is 4.79 Å². The molecular weight excluding hydrogens is 166 g/mol. The monoisotopic (exact) mass is 180 g/mol.